The standard InChI is InChI=1S/C29H32N2O7.H2O.2H2/c1-14(33)15-4-6-16(7-5-15)19-12-21(31(2)3)20-11-18-10-17(8-9-32)24(22(34)13-23(30)35)28(37)25(18)29(38)26(20)27(19)36;;;/h4-7,12,17-18,24,32,36,38H,8-11,13H2,1-3H3,(H2,30,35);1H2;2*1H. The molecule has 4 rings (SSSR count). The second-order valence-corrected chi connectivity index (χ2v) is 10.3. The van der Waals surface area contributed by atoms with Gasteiger partial charge in [-0.1, -0.05) is 24.3 Å². The highest BCUT2D eigenvalue weighted by molar-refractivity contribution is 6.17. The summed E-state index contributed by atoms with van der Waals surface area (Å²) < 4.78 is 0. The summed E-state index contributed by atoms with van der Waals surface area (Å²) in [6.45, 7) is 1.23. The fourth-order valence-corrected chi connectivity index (χ4v) is 5.88. The van der Waals surface area contributed by atoms with Crippen molar-refractivity contribution in [3.63, 3.8) is 0 Å². The number of rotatable bonds is 8. The molecule has 0 aliphatic heterocycles. The first-order valence-electron chi connectivity index (χ1n) is 12.5. The number of Topliss-reactive ketones (excluding diaryl/α,β-unsaturated/α-hetero) is 3. The van der Waals surface area contributed by atoms with Gasteiger partial charge in [-0.15, -0.1) is 0 Å². The van der Waals surface area contributed by atoms with Gasteiger partial charge in [0.05, 0.1) is 17.9 Å². The molecule has 2 aromatic carbocycles. The zero-order chi connectivity index (χ0) is 27.9. The first-order chi connectivity index (χ1) is 18.0. The maximum Gasteiger partial charge on any atom is 0.224 e. The molecule has 3 unspecified atom stereocenters. The van der Waals surface area contributed by atoms with E-state index in [9.17, 15) is 34.5 Å². The van der Waals surface area contributed by atoms with Gasteiger partial charge in [-0.2, -0.15) is 0 Å². The van der Waals surface area contributed by atoms with Gasteiger partial charge in [0.25, 0.3) is 0 Å². The van der Waals surface area contributed by atoms with E-state index in [1.165, 1.54) is 6.92 Å². The molecule has 2 aromatic rings. The van der Waals surface area contributed by atoms with Crippen LogP contribution in [0.5, 0.6) is 5.75 Å². The summed E-state index contributed by atoms with van der Waals surface area (Å²) in [6, 6.07) is 8.53. The molecule has 3 atom stereocenters. The van der Waals surface area contributed by atoms with Crippen molar-refractivity contribution in [3.05, 3.63) is 52.6 Å². The summed E-state index contributed by atoms with van der Waals surface area (Å²) >= 11 is 0. The molecule has 1 amide bonds. The molecule has 212 valence electrons. The number of hydrogen-bond donors (Lipinski definition) is 4. The fraction of sp³-hybridized carbons (Fsp3) is 0.379. The molecule has 0 bridgehead atoms. The van der Waals surface area contributed by atoms with E-state index < -0.39 is 41.6 Å². The van der Waals surface area contributed by atoms with Crippen molar-refractivity contribution in [1.29, 1.82) is 0 Å². The van der Waals surface area contributed by atoms with Gasteiger partial charge in [-0.25, -0.2) is 0 Å². The number of hydrogen-bond acceptors (Lipinski definition) is 8. The van der Waals surface area contributed by atoms with Crippen molar-refractivity contribution < 1.29 is 42.8 Å². The molecule has 0 radical (unpaired) electrons. The summed E-state index contributed by atoms with van der Waals surface area (Å²) in [5, 5.41) is 32.5. The van der Waals surface area contributed by atoms with Crippen LogP contribution in [0.15, 0.2) is 35.9 Å². The lowest BCUT2D eigenvalue weighted by atomic mass is 9.63. The number of phenolic OH excluding ortho intramolecular Hbond substituents is 1. The van der Waals surface area contributed by atoms with Crippen LogP contribution >= 0.6 is 0 Å². The van der Waals surface area contributed by atoms with Gasteiger partial charge >= 0.3 is 0 Å². The molecule has 7 N–H and O–H groups in total. The first kappa shape index (κ1) is 29.5. The predicted octanol–water partition coefficient (Wildman–Crippen LogP) is 2.47. The summed E-state index contributed by atoms with van der Waals surface area (Å²) in [4.78, 5) is 51.5. The number of carbonyl (C=O) groups excluding carboxylic acids is 4. The number of phenols is 1. The quantitative estimate of drug-likeness (QED) is 0.289. The summed E-state index contributed by atoms with van der Waals surface area (Å²) in [6.07, 6.45) is 0.273. The molecule has 1 saturated carbocycles. The Kier molecular flexibility index (Phi) is 8.62. The number of aromatic hydroxyl groups is 1. The number of allylic oxidation sites excluding steroid dienone is 1. The van der Waals surface area contributed by atoms with Crippen LogP contribution in [0.2, 0.25) is 0 Å². The minimum Gasteiger partial charge on any atom is -0.507 e. The van der Waals surface area contributed by atoms with Crippen LogP contribution in [0.4, 0.5) is 5.69 Å². The van der Waals surface area contributed by atoms with E-state index in [2.05, 4.69) is 0 Å². The van der Waals surface area contributed by atoms with Crippen molar-refractivity contribution in [1.82, 2.24) is 0 Å². The molecule has 0 aromatic heterocycles. The van der Waals surface area contributed by atoms with Crippen LogP contribution in [0, 0.1) is 17.8 Å². The molecule has 0 saturated heterocycles. The van der Waals surface area contributed by atoms with E-state index in [0.717, 1.165) is 5.69 Å². The topological polar surface area (TPSA) is 190 Å². The Morgan fingerprint density at radius 1 is 1.13 bits per heavy atom. The summed E-state index contributed by atoms with van der Waals surface area (Å²) in [7, 11) is 3.68. The molecular weight excluding hydrogens is 504 g/mol. The van der Waals surface area contributed by atoms with E-state index in [1.54, 1.807) is 24.3 Å². The lowest BCUT2D eigenvalue weighted by Gasteiger charge is -2.40. The van der Waals surface area contributed by atoms with Crippen LogP contribution in [-0.2, 0) is 20.8 Å². The minimum atomic E-state index is -1.21. The Labute approximate surface area is 229 Å². The Balaban J connectivity index is 0.00000280. The lowest BCUT2D eigenvalue weighted by Crippen LogP contribution is -2.43. The monoisotopic (exact) mass is 542 g/mol. The molecular formula is C29H38N2O8. The Hall–Kier alpha value is -4.02. The van der Waals surface area contributed by atoms with Crippen LogP contribution in [0.1, 0.15) is 50.5 Å². The van der Waals surface area contributed by atoms with Crippen molar-refractivity contribution in [3.8, 4) is 16.9 Å². The first-order valence-corrected chi connectivity index (χ1v) is 12.5. The van der Waals surface area contributed by atoms with Gasteiger partial charge in [0.15, 0.2) is 17.3 Å². The highest BCUT2D eigenvalue weighted by Gasteiger charge is 2.48. The lowest BCUT2D eigenvalue weighted by molar-refractivity contribution is -0.137. The number of ketones is 3. The Morgan fingerprint density at radius 3 is 2.31 bits per heavy atom. The van der Waals surface area contributed by atoms with Crippen LogP contribution in [-0.4, -0.2) is 64.8 Å². The number of nitrogens with zero attached hydrogens (tertiary/aromatic N) is 1. The second kappa shape index (κ2) is 11.4. The third kappa shape index (κ3) is 5.30. The number of fused-ring (bicyclic) bond motifs is 2. The number of anilines is 1. The maximum atomic E-state index is 13.7. The highest BCUT2D eigenvalue weighted by Crippen LogP contribution is 2.51. The van der Waals surface area contributed by atoms with Crippen LogP contribution < -0.4 is 10.6 Å². The molecule has 1 fully saturated rings. The van der Waals surface area contributed by atoms with Crippen molar-refractivity contribution in [2.45, 2.75) is 32.6 Å². The summed E-state index contributed by atoms with van der Waals surface area (Å²) in [5.74, 6) is -4.92. The minimum absolute atomic E-state index is 0. The SMILES string of the molecule is CC(=O)c1ccc(-c2cc(N(C)C)c3c(c2O)C(O)=C2C(=O)C(C(=O)CC(N)=O)C(CCO)CC2C3)cc1.O.[HH].[HH]. The molecule has 0 heterocycles. The van der Waals surface area contributed by atoms with E-state index in [4.69, 9.17) is 5.73 Å². The number of aliphatic hydroxyl groups is 2. The van der Waals surface area contributed by atoms with Gasteiger partial charge < -0.3 is 31.4 Å². The summed E-state index contributed by atoms with van der Waals surface area (Å²) in [5.41, 5.74) is 8.35. The van der Waals surface area contributed by atoms with E-state index >= 15 is 0 Å². The second-order valence-electron chi connectivity index (χ2n) is 10.3. The molecule has 2 aliphatic rings. The molecule has 10 heteroatoms. The van der Waals surface area contributed by atoms with Crippen molar-refractivity contribution in [2.24, 2.45) is 23.5 Å². The molecule has 2 aliphatic carbocycles. The highest BCUT2D eigenvalue weighted by atomic mass is 16.3. The number of benzene rings is 2. The van der Waals surface area contributed by atoms with Crippen molar-refractivity contribution in [2.75, 3.05) is 25.6 Å². The predicted molar refractivity (Wildman–Crippen MR) is 150 cm³/mol. The average molecular weight is 543 g/mol. The van der Waals surface area contributed by atoms with Crippen molar-refractivity contribution >= 4 is 34.7 Å². The van der Waals surface area contributed by atoms with Crippen LogP contribution in [0.3, 0.4) is 0 Å². The van der Waals surface area contributed by atoms with Gasteiger partial charge in [0, 0.05) is 45.9 Å². The normalized spacial score (nSPS) is 20.0. The maximum absolute atomic E-state index is 13.7. The number of aliphatic hydroxyl groups excluding tert-OH is 2. The molecule has 39 heavy (non-hydrogen) atoms. The fourth-order valence-electron chi connectivity index (χ4n) is 5.88. The largest absolute Gasteiger partial charge is 0.507 e. The molecule has 10 nitrogen and oxygen atoms in total. The number of carbonyl (C=O) groups is 4. The number of nitrogens with two attached hydrogens (primary N) is 1. The van der Waals surface area contributed by atoms with Gasteiger partial charge in [-0.05, 0) is 55.2 Å². The van der Waals surface area contributed by atoms with E-state index in [0.29, 0.717) is 35.1 Å². The van der Waals surface area contributed by atoms with E-state index in [1.807, 2.05) is 25.1 Å². The van der Waals surface area contributed by atoms with Crippen LogP contribution in [0.25, 0.3) is 16.9 Å². The molecule has 0 spiro atoms. The van der Waals surface area contributed by atoms with E-state index in [-0.39, 0.29) is 49.8 Å². The zero-order valence-electron chi connectivity index (χ0n) is 22.2. The zero-order valence-corrected chi connectivity index (χ0v) is 22.2. The average Bonchev–Trinajstić information content (AvgIpc) is 2.83. The Bertz CT molecular complexity index is 1370. The van der Waals surface area contributed by atoms with Gasteiger partial charge in [0.1, 0.15) is 11.5 Å². The number of primary amides is 1. The number of amides is 1. The third-order valence-electron chi connectivity index (χ3n) is 7.62. The smallest absolute Gasteiger partial charge is 0.224 e. The van der Waals surface area contributed by atoms with Gasteiger partial charge in [-0.3, -0.25) is 19.2 Å². The van der Waals surface area contributed by atoms with Gasteiger partial charge in [0.2, 0.25) is 5.91 Å². The third-order valence-corrected chi connectivity index (χ3v) is 7.62. The Morgan fingerprint density at radius 2 is 1.77 bits per heavy atom.